The molecule has 0 radical (unpaired) electrons. The summed E-state index contributed by atoms with van der Waals surface area (Å²) in [5.41, 5.74) is 3.69. The smallest absolute Gasteiger partial charge is 0.234 e. The number of H-pyrrole nitrogens is 1. The SMILES string of the molecule is Cc1n[nH]c(C)c1NC(=O)CSCc1cccc(Br)c1. The number of nitrogens with one attached hydrogen (secondary N) is 2. The number of nitrogens with zero attached hydrogens (tertiary/aromatic N) is 1. The van der Waals surface area contributed by atoms with Gasteiger partial charge in [0.25, 0.3) is 0 Å². The van der Waals surface area contributed by atoms with Crippen LogP contribution in [0.2, 0.25) is 0 Å². The maximum absolute atomic E-state index is 11.9. The Balaban J connectivity index is 1.81. The van der Waals surface area contributed by atoms with Crippen LogP contribution in [0.15, 0.2) is 28.7 Å². The first-order valence-electron chi connectivity index (χ1n) is 6.20. The number of carbonyl (C=O) groups excluding carboxylic acids is 1. The van der Waals surface area contributed by atoms with E-state index in [2.05, 4.69) is 43.6 Å². The molecule has 0 aliphatic carbocycles. The van der Waals surface area contributed by atoms with Crippen LogP contribution >= 0.6 is 27.7 Å². The van der Waals surface area contributed by atoms with Gasteiger partial charge in [-0.05, 0) is 31.5 Å². The molecule has 0 atom stereocenters. The van der Waals surface area contributed by atoms with Gasteiger partial charge in [0, 0.05) is 10.2 Å². The third-order valence-corrected chi connectivity index (χ3v) is 4.28. The van der Waals surface area contributed by atoms with E-state index in [0.717, 1.165) is 27.3 Å². The summed E-state index contributed by atoms with van der Waals surface area (Å²) in [6.45, 7) is 3.76. The third-order valence-electron chi connectivity index (χ3n) is 2.78. The lowest BCUT2D eigenvalue weighted by molar-refractivity contribution is -0.113. The summed E-state index contributed by atoms with van der Waals surface area (Å²) in [6, 6.07) is 8.11. The molecule has 0 aliphatic rings. The number of anilines is 1. The highest BCUT2D eigenvalue weighted by molar-refractivity contribution is 9.10. The van der Waals surface area contributed by atoms with Crippen molar-refractivity contribution in [3.63, 3.8) is 0 Å². The second kappa shape index (κ2) is 6.95. The zero-order valence-corrected chi connectivity index (χ0v) is 13.8. The Morgan fingerprint density at radius 2 is 2.25 bits per heavy atom. The predicted octanol–water partition coefficient (Wildman–Crippen LogP) is 3.66. The van der Waals surface area contributed by atoms with Gasteiger partial charge in [0.1, 0.15) is 0 Å². The molecule has 6 heteroatoms. The number of thioether (sulfide) groups is 1. The van der Waals surface area contributed by atoms with Gasteiger partial charge in [0.2, 0.25) is 5.91 Å². The number of benzene rings is 1. The molecule has 2 rings (SSSR count). The highest BCUT2D eigenvalue weighted by atomic mass is 79.9. The number of halogens is 1. The van der Waals surface area contributed by atoms with Gasteiger partial charge in [-0.15, -0.1) is 11.8 Å². The molecule has 0 bridgehead atoms. The summed E-state index contributed by atoms with van der Waals surface area (Å²) in [4.78, 5) is 11.9. The molecular formula is C14H16BrN3OS. The summed E-state index contributed by atoms with van der Waals surface area (Å²) in [5, 5.41) is 9.80. The Morgan fingerprint density at radius 3 is 2.90 bits per heavy atom. The fourth-order valence-electron chi connectivity index (χ4n) is 1.80. The number of aryl methyl sites for hydroxylation is 2. The summed E-state index contributed by atoms with van der Waals surface area (Å²) in [6.07, 6.45) is 0. The number of hydrogen-bond donors (Lipinski definition) is 2. The largest absolute Gasteiger partial charge is 0.322 e. The molecule has 0 saturated heterocycles. The molecule has 4 nitrogen and oxygen atoms in total. The van der Waals surface area contributed by atoms with Crippen LogP contribution in [-0.4, -0.2) is 21.9 Å². The fourth-order valence-corrected chi connectivity index (χ4v) is 3.02. The molecule has 1 heterocycles. The minimum Gasteiger partial charge on any atom is -0.322 e. The summed E-state index contributed by atoms with van der Waals surface area (Å²) in [7, 11) is 0. The van der Waals surface area contributed by atoms with Crippen LogP contribution in [0.3, 0.4) is 0 Å². The average molecular weight is 354 g/mol. The molecule has 106 valence electrons. The van der Waals surface area contributed by atoms with E-state index in [0.29, 0.717) is 5.75 Å². The summed E-state index contributed by atoms with van der Waals surface area (Å²) in [5.74, 6) is 1.24. The minimum atomic E-state index is -0.00223. The third kappa shape index (κ3) is 4.11. The molecule has 1 amide bonds. The summed E-state index contributed by atoms with van der Waals surface area (Å²) >= 11 is 5.03. The standard InChI is InChI=1S/C14H16BrN3OS/c1-9-14(10(2)18-17-9)16-13(19)8-20-7-11-4-3-5-12(15)6-11/h3-6H,7-8H2,1-2H3,(H,16,19)(H,17,18). The van der Waals surface area contributed by atoms with Crippen molar-refractivity contribution in [3.8, 4) is 0 Å². The zero-order chi connectivity index (χ0) is 14.5. The molecule has 1 aromatic heterocycles. The van der Waals surface area contributed by atoms with Crippen LogP contribution in [0.25, 0.3) is 0 Å². The number of aromatic nitrogens is 2. The first-order chi connectivity index (χ1) is 9.56. The van der Waals surface area contributed by atoms with Gasteiger partial charge in [0.05, 0.1) is 22.8 Å². The van der Waals surface area contributed by atoms with Crippen LogP contribution in [0.4, 0.5) is 5.69 Å². The maximum atomic E-state index is 11.9. The van der Waals surface area contributed by atoms with Crippen LogP contribution < -0.4 is 5.32 Å². The fraction of sp³-hybridized carbons (Fsp3) is 0.286. The summed E-state index contributed by atoms with van der Waals surface area (Å²) < 4.78 is 1.06. The van der Waals surface area contributed by atoms with Crippen LogP contribution in [0.5, 0.6) is 0 Å². The Bertz CT molecular complexity index is 593. The lowest BCUT2D eigenvalue weighted by Crippen LogP contribution is -2.15. The van der Waals surface area contributed by atoms with Crippen molar-refractivity contribution in [1.82, 2.24) is 10.2 Å². The molecule has 20 heavy (non-hydrogen) atoms. The number of carbonyl (C=O) groups is 1. The Morgan fingerprint density at radius 1 is 1.45 bits per heavy atom. The quantitative estimate of drug-likeness (QED) is 0.862. The molecule has 0 aliphatic heterocycles. The topological polar surface area (TPSA) is 57.8 Å². The average Bonchev–Trinajstić information content (AvgIpc) is 2.71. The number of aromatic amines is 1. The lowest BCUT2D eigenvalue weighted by Gasteiger charge is -2.05. The van der Waals surface area contributed by atoms with Crippen molar-refractivity contribution < 1.29 is 4.79 Å². The van der Waals surface area contributed by atoms with Crippen molar-refractivity contribution in [1.29, 1.82) is 0 Å². The number of amides is 1. The second-order valence-corrected chi connectivity index (χ2v) is 6.38. The number of hydrogen-bond acceptors (Lipinski definition) is 3. The normalized spacial score (nSPS) is 10.6. The lowest BCUT2D eigenvalue weighted by atomic mass is 10.2. The highest BCUT2D eigenvalue weighted by Gasteiger charge is 2.10. The van der Waals surface area contributed by atoms with E-state index in [4.69, 9.17) is 0 Å². The first kappa shape index (κ1) is 15.1. The molecule has 0 saturated carbocycles. The van der Waals surface area contributed by atoms with Gasteiger partial charge in [0.15, 0.2) is 0 Å². The van der Waals surface area contributed by atoms with Crippen molar-refractivity contribution in [2.24, 2.45) is 0 Å². The van der Waals surface area contributed by atoms with Gasteiger partial charge in [-0.1, -0.05) is 28.1 Å². The van der Waals surface area contributed by atoms with E-state index in [1.165, 1.54) is 5.56 Å². The van der Waals surface area contributed by atoms with E-state index in [1.807, 2.05) is 26.0 Å². The predicted molar refractivity (Wildman–Crippen MR) is 87.0 cm³/mol. The Labute approximate surface area is 130 Å². The van der Waals surface area contributed by atoms with E-state index in [-0.39, 0.29) is 5.91 Å². The van der Waals surface area contributed by atoms with Crippen molar-refractivity contribution in [2.75, 3.05) is 11.1 Å². The van der Waals surface area contributed by atoms with Crippen LogP contribution in [0, 0.1) is 13.8 Å². The monoisotopic (exact) mass is 353 g/mol. The van der Waals surface area contributed by atoms with Gasteiger partial charge < -0.3 is 5.32 Å². The molecule has 0 fully saturated rings. The van der Waals surface area contributed by atoms with E-state index >= 15 is 0 Å². The molecule has 1 aromatic carbocycles. The maximum Gasteiger partial charge on any atom is 0.234 e. The molecule has 2 aromatic rings. The Hall–Kier alpha value is -1.27. The van der Waals surface area contributed by atoms with Gasteiger partial charge in [-0.3, -0.25) is 9.89 Å². The van der Waals surface area contributed by atoms with Crippen molar-refractivity contribution >= 4 is 39.3 Å². The molecule has 2 N–H and O–H groups in total. The van der Waals surface area contributed by atoms with Gasteiger partial charge in [-0.2, -0.15) is 5.10 Å². The zero-order valence-electron chi connectivity index (χ0n) is 11.4. The Kier molecular flexibility index (Phi) is 5.25. The molecular weight excluding hydrogens is 338 g/mol. The van der Waals surface area contributed by atoms with Crippen LogP contribution in [-0.2, 0) is 10.5 Å². The van der Waals surface area contributed by atoms with E-state index in [1.54, 1.807) is 11.8 Å². The molecule has 0 unspecified atom stereocenters. The van der Waals surface area contributed by atoms with Crippen molar-refractivity contribution in [2.45, 2.75) is 19.6 Å². The van der Waals surface area contributed by atoms with E-state index < -0.39 is 0 Å². The number of rotatable bonds is 5. The van der Waals surface area contributed by atoms with Crippen molar-refractivity contribution in [3.05, 3.63) is 45.7 Å². The second-order valence-electron chi connectivity index (χ2n) is 4.48. The highest BCUT2D eigenvalue weighted by Crippen LogP contribution is 2.19. The minimum absolute atomic E-state index is 0.00223. The van der Waals surface area contributed by atoms with E-state index in [9.17, 15) is 4.79 Å². The van der Waals surface area contributed by atoms with Gasteiger partial charge >= 0.3 is 0 Å². The molecule has 0 spiro atoms. The van der Waals surface area contributed by atoms with Gasteiger partial charge in [-0.25, -0.2) is 0 Å². The first-order valence-corrected chi connectivity index (χ1v) is 8.14. The van der Waals surface area contributed by atoms with Crippen LogP contribution in [0.1, 0.15) is 17.0 Å².